The van der Waals surface area contributed by atoms with Crippen LogP contribution in [0.1, 0.15) is 47.0 Å². The van der Waals surface area contributed by atoms with Crippen LogP contribution >= 0.6 is 0 Å². The number of hydrogen-bond donors (Lipinski definition) is 0. The van der Waals surface area contributed by atoms with E-state index in [1.165, 1.54) is 36.7 Å². The summed E-state index contributed by atoms with van der Waals surface area (Å²) < 4.78 is 117. The van der Waals surface area contributed by atoms with Crippen LogP contribution in [-0.2, 0) is 20.1 Å². The number of furan rings is 1. The Morgan fingerprint density at radius 2 is 1.62 bits per heavy atom. The molecule has 0 aliphatic carbocycles. The summed E-state index contributed by atoms with van der Waals surface area (Å²) in [4.78, 5) is 8.49. The quantitative estimate of drug-likeness (QED) is 0.131. The maximum absolute atomic E-state index is 9.35. The number of aromatic nitrogens is 2. The van der Waals surface area contributed by atoms with Gasteiger partial charge in [-0.15, -0.1) is 35.4 Å². The summed E-state index contributed by atoms with van der Waals surface area (Å²) in [6, 6.07) is 26.8. The monoisotopic (exact) mass is 880 g/mol. The topological polar surface area (TPSA) is 62.7 Å². The Bertz CT molecular complexity index is 2760. The minimum Gasteiger partial charge on any atom is 0 e. The standard InChI is InChI=1S/C29H25GeN2O.C13H12N.Ir/c1-18-13-21(30(3,4)5)10-12-22(18)26-15-27(32-17-19(26)2)25-8-6-7-24-23-11-9-20(16-31)14-28(23)33-29(24)25;1-10-3-6-12(7-4-10)13-8-5-11(2)9-14-13;/h6-7,9-15,17H,1-5H3;3-6,8-9H,1-2H3;/q2*-1;/i1D3,2D3,12D,14D;1D3,2D3;. The van der Waals surface area contributed by atoms with E-state index in [1.54, 1.807) is 48.5 Å². The molecule has 0 N–H and O–H groups in total. The molecule has 241 valence electrons. The SMILES string of the molecule is [2H]C([2H])([2H])c1c[c-]c(-c2ccc(C([2H])([2H])[2H])cn2)cc1.[2H]c1c[c]([Ge]([CH3])([CH3])[CH3])cc(C([2H])([2H])[2H])c1-c1cc(-c2[c-]ccc3c2oc2c([2H])c(C#N)ccc23)ncc1C([2H])([2H])[2H].[Ir]. The number of fused-ring (bicyclic) bond motifs is 3. The first-order valence-electron chi connectivity index (χ1n) is 21.6. The van der Waals surface area contributed by atoms with Crippen molar-refractivity contribution in [3.63, 3.8) is 0 Å². The number of pyridine rings is 2. The first-order chi connectivity index (χ1) is 28.2. The maximum Gasteiger partial charge on any atom is 0 e. The summed E-state index contributed by atoms with van der Waals surface area (Å²) in [6.07, 6.45) is 2.49. The Hall–Kier alpha value is -4.34. The van der Waals surface area contributed by atoms with Crippen molar-refractivity contribution < 1.29 is 43.7 Å². The molecule has 4 nitrogen and oxygen atoms in total. The summed E-state index contributed by atoms with van der Waals surface area (Å²) in [5.74, 6) is 6.30. The molecule has 7 rings (SSSR count). The molecule has 0 saturated heterocycles. The largest absolute Gasteiger partial charge is 0 e. The Labute approximate surface area is 319 Å². The van der Waals surface area contributed by atoms with Crippen molar-refractivity contribution in [1.29, 1.82) is 5.26 Å². The van der Waals surface area contributed by atoms with Crippen molar-refractivity contribution in [2.75, 3.05) is 0 Å². The van der Waals surface area contributed by atoms with E-state index in [0.717, 1.165) is 4.40 Å². The average molecular weight is 879 g/mol. The van der Waals surface area contributed by atoms with Crippen LogP contribution in [0.4, 0.5) is 0 Å². The molecule has 1 radical (unpaired) electrons. The average Bonchev–Trinajstić information content (AvgIpc) is 3.56. The summed E-state index contributed by atoms with van der Waals surface area (Å²) in [5.41, 5.74) is 2.76. The van der Waals surface area contributed by atoms with Crippen LogP contribution in [0.15, 0.2) is 102 Å². The summed E-state index contributed by atoms with van der Waals surface area (Å²) in [6.45, 7) is -9.57. The minimum atomic E-state index is -2.64. The molecule has 0 atom stereocenters. The van der Waals surface area contributed by atoms with Gasteiger partial charge in [0.2, 0.25) is 0 Å². The molecule has 0 amide bonds. The summed E-state index contributed by atoms with van der Waals surface area (Å²) in [7, 11) is 0. The second-order valence-corrected chi connectivity index (χ2v) is 22.5. The second kappa shape index (κ2) is 14.4. The van der Waals surface area contributed by atoms with Crippen molar-refractivity contribution in [3.05, 3.63) is 137 Å². The minimum absolute atomic E-state index is 0. The van der Waals surface area contributed by atoms with E-state index in [0.29, 0.717) is 33.2 Å². The maximum atomic E-state index is 9.35. The van der Waals surface area contributed by atoms with Gasteiger partial charge in [0.25, 0.3) is 0 Å². The molecule has 0 aliphatic rings. The van der Waals surface area contributed by atoms with Crippen LogP contribution in [0, 0.1) is 50.9 Å². The molecule has 0 spiro atoms. The Kier molecular flexibility index (Phi) is 6.28. The number of benzene rings is 4. The van der Waals surface area contributed by atoms with Gasteiger partial charge in [-0.3, -0.25) is 0 Å². The smallest absolute Gasteiger partial charge is 0 e. The van der Waals surface area contributed by atoms with Crippen LogP contribution in [0.2, 0.25) is 17.3 Å². The van der Waals surface area contributed by atoms with Gasteiger partial charge in [-0.1, -0.05) is 19.0 Å². The molecule has 0 bridgehead atoms. The summed E-state index contributed by atoms with van der Waals surface area (Å²) >= 11 is -2.57. The zero-order valence-corrected chi connectivity index (χ0v) is 30.7. The third-order valence-corrected chi connectivity index (χ3v) is 11.8. The van der Waals surface area contributed by atoms with Crippen LogP contribution in [0.25, 0.3) is 55.6 Å². The molecular weight excluding hydrogens is 827 g/mol. The molecule has 0 unspecified atom stereocenters. The fraction of sp³-hybridized carbons (Fsp3) is 0.167. The number of hydrogen-bond acceptors (Lipinski definition) is 4. The van der Waals surface area contributed by atoms with E-state index in [4.69, 9.17) is 23.6 Å². The summed E-state index contributed by atoms with van der Waals surface area (Å²) in [5, 5.41) is 10.6. The van der Waals surface area contributed by atoms with Crippen LogP contribution in [0.5, 0.6) is 0 Å². The van der Waals surface area contributed by atoms with E-state index in [2.05, 4.69) is 39.4 Å². The fourth-order valence-electron chi connectivity index (χ4n) is 5.02. The molecule has 0 aliphatic heterocycles. The fourth-order valence-corrected chi connectivity index (χ4v) is 7.29. The van der Waals surface area contributed by atoms with Crippen molar-refractivity contribution >= 4 is 39.6 Å². The Morgan fingerprint density at radius 3 is 2.31 bits per heavy atom. The molecule has 4 aromatic carbocycles. The van der Waals surface area contributed by atoms with Gasteiger partial charge in [0, 0.05) is 34.5 Å². The molecule has 0 fully saturated rings. The normalized spacial score (nSPS) is 16.4. The van der Waals surface area contributed by atoms with E-state index in [-0.39, 0.29) is 82.4 Å². The number of nitriles is 1. The number of rotatable bonds is 4. The van der Waals surface area contributed by atoms with Gasteiger partial charge in [0.05, 0.1) is 13.0 Å². The van der Waals surface area contributed by atoms with E-state index < -0.39 is 40.7 Å². The molecular formula is C42H37GeIrN3O-2. The van der Waals surface area contributed by atoms with Gasteiger partial charge >= 0.3 is 184 Å². The first-order valence-corrected chi connectivity index (χ1v) is 22.0. The predicted molar refractivity (Wildman–Crippen MR) is 196 cm³/mol. The zero-order chi connectivity index (χ0) is 45.0. The van der Waals surface area contributed by atoms with Gasteiger partial charge in [-0.25, -0.2) is 0 Å². The van der Waals surface area contributed by atoms with E-state index in [9.17, 15) is 5.26 Å². The first kappa shape index (κ1) is 20.9. The number of nitrogens with zero attached hydrogens (tertiary/aromatic N) is 3. The van der Waals surface area contributed by atoms with Gasteiger partial charge < -0.3 is 4.98 Å². The van der Waals surface area contributed by atoms with Crippen LogP contribution < -0.4 is 4.40 Å². The third-order valence-electron chi connectivity index (χ3n) is 7.56. The molecule has 0 saturated carbocycles. The van der Waals surface area contributed by atoms with Gasteiger partial charge in [-0.2, -0.15) is 5.26 Å². The molecule has 6 heteroatoms. The third kappa shape index (κ3) is 7.37. The Morgan fingerprint density at radius 1 is 0.812 bits per heavy atom. The molecule has 3 heterocycles. The van der Waals surface area contributed by atoms with Gasteiger partial charge in [0.1, 0.15) is 0 Å². The number of aryl methyl sites for hydroxylation is 4. The molecule has 7 aromatic rings. The predicted octanol–water partition coefficient (Wildman–Crippen LogP) is 10.3. The molecule has 3 aromatic heterocycles. The zero-order valence-electron chi connectivity index (χ0n) is 40.2. The van der Waals surface area contributed by atoms with Gasteiger partial charge in [0.15, 0.2) is 0 Å². The van der Waals surface area contributed by atoms with Crippen LogP contribution in [-0.4, -0.2) is 23.2 Å². The molecule has 48 heavy (non-hydrogen) atoms. The van der Waals surface area contributed by atoms with Crippen molar-refractivity contribution in [2.45, 2.75) is 44.7 Å². The van der Waals surface area contributed by atoms with Crippen molar-refractivity contribution in [2.24, 2.45) is 0 Å². The van der Waals surface area contributed by atoms with Gasteiger partial charge in [-0.05, 0) is 24.2 Å². The van der Waals surface area contributed by atoms with Crippen molar-refractivity contribution in [3.8, 4) is 39.7 Å². The van der Waals surface area contributed by atoms with E-state index >= 15 is 0 Å². The second-order valence-electron chi connectivity index (χ2n) is 11.9. The van der Waals surface area contributed by atoms with Crippen LogP contribution in [0.3, 0.4) is 0 Å². The van der Waals surface area contributed by atoms with Crippen molar-refractivity contribution in [1.82, 2.24) is 9.97 Å². The van der Waals surface area contributed by atoms with E-state index in [1.807, 2.05) is 6.07 Å². The Balaban J connectivity index is 0.000000291.